The number of aliphatic hydroxyl groups is 1. The van der Waals surface area contributed by atoms with Gasteiger partial charge < -0.3 is 14.7 Å². The summed E-state index contributed by atoms with van der Waals surface area (Å²) in [4.78, 5) is 13.3. The van der Waals surface area contributed by atoms with Crippen molar-refractivity contribution >= 4 is 5.97 Å². The molecular formula is C11H21NO3. The van der Waals surface area contributed by atoms with Crippen molar-refractivity contribution in [3.05, 3.63) is 12.2 Å². The van der Waals surface area contributed by atoms with Crippen LogP contribution in [-0.4, -0.2) is 42.9 Å². The van der Waals surface area contributed by atoms with Crippen LogP contribution in [0.4, 0.5) is 0 Å². The number of ether oxygens (including phenoxy) is 1. The van der Waals surface area contributed by atoms with Crippen LogP contribution in [0.2, 0.25) is 0 Å². The van der Waals surface area contributed by atoms with Crippen LogP contribution in [0.5, 0.6) is 0 Å². The van der Waals surface area contributed by atoms with Crippen molar-refractivity contribution in [2.24, 2.45) is 5.41 Å². The molecule has 0 amide bonds. The van der Waals surface area contributed by atoms with E-state index in [1.54, 1.807) is 0 Å². The molecule has 4 heteroatoms. The first-order chi connectivity index (χ1) is 6.71. The summed E-state index contributed by atoms with van der Waals surface area (Å²) in [6.07, 6.45) is 0. The van der Waals surface area contributed by atoms with Crippen LogP contribution in [0.1, 0.15) is 20.8 Å². The minimum Gasteiger partial charge on any atom is -0.435 e. The van der Waals surface area contributed by atoms with E-state index in [-0.39, 0.29) is 11.5 Å². The standard InChI is InChI=1S/C11H21NO3/c1-8(10(14)15-7-13)9(12(5)6)11(2,3)4/h9,13H,1,7H2,2-6H3. The monoisotopic (exact) mass is 215 g/mol. The number of carbonyl (C=O) groups excluding carboxylic acids is 1. The Labute approximate surface area is 91.5 Å². The van der Waals surface area contributed by atoms with Gasteiger partial charge in [0.15, 0.2) is 6.79 Å². The lowest BCUT2D eigenvalue weighted by Crippen LogP contribution is -2.43. The van der Waals surface area contributed by atoms with E-state index >= 15 is 0 Å². The normalized spacial score (nSPS) is 13.8. The molecule has 1 unspecified atom stereocenters. The van der Waals surface area contributed by atoms with Gasteiger partial charge in [-0.2, -0.15) is 0 Å². The van der Waals surface area contributed by atoms with Crippen LogP contribution in [0.3, 0.4) is 0 Å². The summed E-state index contributed by atoms with van der Waals surface area (Å²) in [5.74, 6) is -0.550. The highest BCUT2D eigenvalue weighted by Crippen LogP contribution is 2.28. The third kappa shape index (κ3) is 4.01. The first-order valence-electron chi connectivity index (χ1n) is 4.85. The van der Waals surface area contributed by atoms with Gasteiger partial charge in [-0.15, -0.1) is 0 Å². The molecule has 88 valence electrons. The van der Waals surface area contributed by atoms with Crippen LogP contribution >= 0.6 is 0 Å². The Morgan fingerprint density at radius 2 is 1.93 bits per heavy atom. The number of hydrogen-bond acceptors (Lipinski definition) is 4. The molecule has 0 bridgehead atoms. The van der Waals surface area contributed by atoms with Crippen LogP contribution in [0.25, 0.3) is 0 Å². The van der Waals surface area contributed by atoms with Crippen molar-refractivity contribution in [3.8, 4) is 0 Å². The van der Waals surface area contributed by atoms with Gasteiger partial charge in [0.25, 0.3) is 0 Å². The van der Waals surface area contributed by atoms with Gasteiger partial charge in [0.1, 0.15) is 0 Å². The summed E-state index contributed by atoms with van der Waals surface area (Å²) in [6.45, 7) is 9.19. The topological polar surface area (TPSA) is 49.8 Å². The molecule has 1 atom stereocenters. The second kappa shape index (κ2) is 5.28. The number of rotatable bonds is 4. The zero-order chi connectivity index (χ0) is 12.2. The van der Waals surface area contributed by atoms with Gasteiger partial charge in [-0.1, -0.05) is 27.4 Å². The Kier molecular flexibility index (Phi) is 4.97. The maximum Gasteiger partial charge on any atom is 0.337 e. The molecule has 0 rings (SSSR count). The van der Waals surface area contributed by atoms with E-state index in [4.69, 9.17) is 5.11 Å². The molecule has 0 aromatic carbocycles. The third-order valence-electron chi connectivity index (χ3n) is 2.12. The SMILES string of the molecule is C=C(C(=O)OCO)C(N(C)C)C(C)(C)C. The Morgan fingerprint density at radius 1 is 1.47 bits per heavy atom. The minimum absolute atomic E-state index is 0.114. The van der Waals surface area contributed by atoms with E-state index in [2.05, 4.69) is 11.3 Å². The smallest absolute Gasteiger partial charge is 0.337 e. The minimum atomic E-state index is -0.609. The molecule has 0 saturated carbocycles. The largest absolute Gasteiger partial charge is 0.435 e. The Morgan fingerprint density at radius 3 is 2.20 bits per heavy atom. The van der Waals surface area contributed by atoms with Crippen molar-refractivity contribution in [3.63, 3.8) is 0 Å². The predicted octanol–water partition coefficient (Wildman–Crippen LogP) is 1.01. The molecule has 1 N–H and O–H groups in total. The summed E-state index contributed by atoms with van der Waals surface area (Å²) in [6, 6.07) is -0.114. The fraction of sp³-hybridized carbons (Fsp3) is 0.727. The average Bonchev–Trinajstić information content (AvgIpc) is 2.00. The molecule has 0 radical (unpaired) electrons. The fourth-order valence-corrected chi connectivity index (χ4v) is 1.87. The lowest BCUT2D eigenvalue weighted by molar-refractivity contribution is -0.148. The van der Waals surface area contributed by atoms with Gasteiger partial charge in [-0.05, 0) is 19.5 Å². The number of likely N-dealkylation sites (N-methyl/N-ethyl adjacent to an activating group) is 1. The average molecular weight is 215 g/mol. The van der Waals surface area contributed by atoms with Crippen LogP contribution in [0, 0.1) is 5.41 Å². The molecule has 0 aliphatic rings. The maximum absolute atomic E-state index is 11.4. The van der Waals surface area contributed by atoms with E-state index in [0.717, 1.165) is 0 Å². The highest BCUT2D eigenvalue weighted by atomic mass is 16.6. The van der Waals surface area contributed by atoms with Crippen LogP contribution < -0.4 is 0 Å². The molecular weight excluding hydrogens is 194 g/mol. The highest BCUT2D eigenvalue weighted by Gasteiger charge is 2.32. The molecule has 0 aliphatic carbocycles. The number of esters is 1. The zero-order valence-corrected chi connectivity index (χ0v) is 10.2. The second-order valence-corrected chi connectivity index (χ2v) is 4.82. The summed E-state index contributed by atoms with van der Waals surface area (Å²) in [7, 11) is 3.76. The van der Waals surface area contributed by atoms with E-state index in [1.165, 1.54) is 0 Å². The molecule has 0 spiro atoms. The van der Waals surface area contributed by atoms with E-state index < -0.39 is 12.8 Å². The number of hydrogen-bond donors (Lipinski definition) is 1. The number of aliphatic hydroxyl groups excluding tert-OH is 1. The van der Waals surface area contributed by atoms with Crippen molar-refractivity contribution < 1.29 is 14.6 Å². The lowest BCUT2D eigenvalue weighted by Gasteiger charge is -2.36. The van der Waals surface area contributed by atoms with Crippen LogP contribution in [0.15, 0.2) is 12.2 Å². The van der Waals surface area contributed by atoms with E-state index in [1.807, 2.05) is 39.8 Å². The molecule has 0 heterocycles. The van der Waals surface area contributed by atoms with Gasteiger partial charge in [-0.25, -0.2) is 4.79 Å². The zero-order valence-electron chi connectivity index (χ0n) is 10.2. The quantitative estimate of drug-likeness (QED) is 0.432. The van der Waals surface area contributed by atoms with Gasteiger partial charge >= 0.3 is 5.97 Å². The molecule has 15 heavy (non-hydrogen) atoms. The second-order valence-electron chi connectivity index (χ2n) is 4.82. The summed E-state index contributed by atoms with van der Waals surface area (Å²) >= 11 is 0. The molecule has 0 fully saturated rings. The predicted molar refractivity (Wildman–Crippen MR) is 59.2 cm³/mol. The lowest BCUT2D eigenvalue weighted by atomic mass is 9.82. The van der Waals surface area contributed by atoms with E-state index in [0.29, 0.717) is 5.57 Å². The number of carbonyl (C=O) groups is 1. The third-order valence-corrected chi connectivity index (χ3v) is 2.12. The number of nitrogens with zero attached hydrogens (tertiary/aromatic N) is 1. The molecule has 0 aliphatic heterocycles. The summed E-state index contributed by atoms with van der Waals surface area (Å²) in [5, 5.41) is 8.51. The van der Waals surface area contributed by atoms with Gasteiger partial charge in [0.05, 0.1) is 0 Å². The van der Waals surface area contributed by atoms with Crippen molar-refractivity contribution in [1.29, 1.82) is 0 Å². The highest BCUT2D eigenvalue weighted by molar-refractivity contribution is 5.89. The Balaban J connectivity index is 4.80. The molecule has 4 nitrogen and oxygen atoms in total. The Bertz CT molecular complexity index is 241. The fourth-order valence-electron chi connectivity index (χ4n) is 1.87. The Hall–Kier alpha value is -0.870. The summed E-state index contributed by atoms with van der Waals surface area (Å²) < 4.78 is 4.52. The molecule has 0 aromatic rings. The van der Waals surface area contributed by atoms with Crippen molar-refractivity contribution in [2.75, 3.05) is 20.9 Å². The molecule has 0 aromatic heterocycles. The maximum atomic E-state index is 11.4. The van der Waals surface area contributed by atoms with Crippen molar-refractivity contribution in [2.45, 2.75) is 26.8 Å². The van der Waals surface area contributed by atoms with Gasteiger partial charge in [-0.3, -0.25) is 0 Å². The van der Waals surface area contributed by atoms with Gasteiger partial charge in [0, 0.05) is 11.6 Å². The van der Waals surface area contributed by atoms with Gasteiger partial charge in [0.2, 0.25) is 0 Å². The first kappa shape index (κ1) is 14.1. The molecule has 0 saturated heterocycles. The van der Waals surface area contributed by atoms with E-state index in [9.17, 15) is 4.79 Å². The summed E-state index contributed by atoms with van der Waals surface area (Å²) in [5.41, 5.74) is 0.247. The first-order valence-corrected chi connectivity index (χ1v) is 4.85. The van der Waals surface area contributed by atoms with Crippen LogP contribution in [-0.2, 0) is 9.53 Å². The van der Waals surface area contributed by atoms with Crippen molar-refractivity contribution in [1.82, 2.24) is 4.90 Å².